The summed E-state index contributed by atoms with van der Waals surface area (Å²) < 4.78 is 5.71. The summed E-state index contributed by atoms with van der Waals surface area (Å²) in [6.07, 6.45) is 4.30. The van der Waals surface area contributed by atoms with Crippen LogP contribution >= 0.6 is 23.8 Å². The highest BCUT2D eigenvalue weighted by Gasteiger charge is 2.10. The number of aromatic nitrogens is 1. The quantitative estimate of drug-likeness (QED) is 0.861. The van der Waals surface area contributed by atoms with E-state index in [1.54, 1.807) is 18.5 Å². The van der Waals surface area contributed by atoms with Crippen LogP contribution in [-0.4, -0.2) is 16.6 Å². The minimum atomic E-state index is 0.240. The molecule has 2 aromatic rings. The molecule has 0 aliphatic carbocycles. The van der Waals surface area contributed by atoms with Crippen LogP contribution in [0.1, 0.15) is 11.1 Å². The molecule has 0 spiro atoms. The van der Waals surface area contributed by atoms with E-state index < -0.39 is 0 Å². The lowest BCUT2D eigenvalue weighted by molar-refractivity contribution is 0.321. The van der Waals surface area contributed by atoms with Crippen molar-refractivity contribution in [2.45, 2.75) is 6.42 Å². The third-order valence-corrected chi connectivity index (χ3v) is 3.14. The number of hydrogen-bond donors (Lipinski definition) is 1. The first-order valence-electron chi connectivity index (χ1n) is 5.78. The summed E-state index contributed by atoms with van der Waals surface area (Å²) >= 11 is 11.1. The highest BCUT2D eigenvalue weighted by molar-refractivity contribution is 7.80. The van der Waals surface area contributed by atoms with Crippen molar-refractivity contribution in [1.82, 2.24) is 4.98 Å². The zero-order chi connectivity index (χ0) is 13.7. The van der Waals surface area contributed by atoms with Crippen LogP contribution in [0.5, 0.6) is 5.75 Å². The molecule has 5 heteroatoms. The highest BCUT2D eigenvalue weighted by atomic mass is 35.5. The molecular formula is C14H13ClN2OS. The van der Waals surface area contributed by atoms with E-state index in [1.807, 2.05) is 24.3 Å². The molecule has 0 atom stereocenters. The Hall–Kier alpha value is -1.65. The maximum atomic E-state index is 6.06. The Balaban J connectivity index is 2.04. The predicted octanol–water partition coefficient (Wildman–Crippen LogP) is 2.99. The topological polar surface area (TPSA) is 48.1 Å². The molecule has 19 heavy (non-hydrogen) atoms. The Morgan fingerprint density at radius 3 is 2.68 bits per heavy atom. The molecular weight excluding hydrogens is 280 g/mol. The van der Waals surface area contributed by atoms with E-state index in [0.29, 0.717) is 22.9 Å². The van der Waals surface area contributed by atoms with Crippen LogP contribution in [0.3, 0.4) is 0 Å². The maximum Gasteiger partial charge on any atom is 0.130 e. The number of nitrogens with zero attached hydrogens (tertiary/aromatic N) is 1. The number of thiocarbonyl (C=S) groups is 1. The van der Waals surface area contributed by atoms with E-state index in [1.165, 1.54) is 0 Å². The molecule has 0 saturated carbocycles. The zero-order valence-corrected chi connectivity index (χ0v) is 11.7. The molecule has 0 fully saturated rings. The first-order chi connectivity index (χ1) is 9.18. The maximum absolute atomic E-state index is 6.06. The molecule has 98 valence electrons. The Bertz CT molecular complexity index is 575. The molecule has 1 heterocycles. The molecule has 1 aromatic carbocycles. The van der Waals surface area contributed by atoms with Gasteiger partial charge in [-0.05, 0) is 29.8 Å². The molecule has 2 rings (SSSR count). The molecule has 1 aromatic heterocycles. The number of halogens is 1. The van der Waals surface area contributed by atoms with Gasteiger partial charge < -0.3 is 10.5 Å². The van der Waals surface area contributed by atoms with Crippen LogP contribution in [0.4, 0.5) is 0 Å². The Morgan fingerprint density at radius 2 is 2.00 bits per heavy atom. The molecule has 2 N–H and O–H groups in total. The van der Waals surface area contributed by atoms with Crippen molar-refractivity contribution in [2.24, 2.45) is 5.73 Å². The van der Waals surface area contributed by atoms with Crippen molar-refractivity contribution in [3.05, 3.63) is 58.9 Å². The molecule has 0 saturated heterocycles. The summed E-state index contributed by atoms with van der Waals surface area (Å²) in [5, 5.41) is 0.508. The van der Waals surface area contributed by atoms with Gasteiger partial charge in [0.25, 0.3) is 0 Å². The van der Waals surface area contributed by atoms with Crippen molar-refractivity contribution in [3.8, 4) is 5.75 Å². The van der Waals surface area contributed by atoms with Gasteiger partial charge >= 0.3 is 0 Å². The van der Waals surface area contributed by atoms with Gasteiger partial charge in [-0.15, -0.1) is 0 Å². The largest absolute Gasteiger partial charge is 0.492 e. The lowest BCUT2D eigenvalue weighted by Gasteiger charge is -2.11. The van der Waals surface area contributed by atoms with E-state index in [2.05, 4.69) is 4.98 Å². The summed E-state index contributed by atoms with van der Waals surface area (Å²) in [4.78, 5) is 4.21. The van der Waals surface area contributed by atoms with Crippen LogP contribution < -0.4 is 10.5 Å². The molecule has 0 bridgehead atoms. The SMILES string of the molecule is NC(=S)c1c(Cl)cccc1OCCc1ccncc1. The van der Waals surface area contributed by atoms with Gasteiger partial charge in [-0.3, -0.25) is 4.98 Å². The number of nitrogens with two attached hydrogens (primary N) is 1. The van der Waals surface area contributed by atoms with Gasteiger partial charge in [-0.25, -0.2) is 0 Å². The fourth-order valence-corrected chi connectivity index (χ4v) is 2.23. The van der Waals surface area contributed by atoms with Crippen LogP contribution in [0.15, 0.2) is 42.7 Å². The standard InChI is InChI=1S/C14H13ClN2OS/c15-11-2-1-3-12(13(11)14(16)19)18-9-6-10-4-7-17-8-5-10/h1-5,7-8H,6,9H2,(H2,16,19). The van der Waals surface area contributed by atoms with Gasteiger partial charge in [0.05, 0.1) is 17.2 Å². The van der Waals surface area contributed by atoms with Crippen molar-refractivity contribution >= 4 is 28.8 Å². The predicted molar refractivity (Wildman–Crippen MR) is 80.8 cm³/mol. The van der Waals surface area contributed by atoms with Crippen LogP contribution in [0, 0.1) is 0 Å². The number of pyridine rings is 1. The summed E-state index contributed by atoms with van der Waals surface area (Å²) in [6.45, 7) is 0.528. The fourth-order valence-electron chi connectivity index (χ4n) is 1.69. The van der Waals surface area contributed by atoms with Crippen molar-refractivity contribution in [1.29, 1.82) is 0 Å². The van der Waals surface area contributed by atoms with Gasteiger partial charge in [0.1, 0.15) is 10.7 Å². The third-order valence-electron chi connectivity index (χ3n) is 2.62. The normalized spacial score (nSPS) is 10.2. The van der Waals surface area contributed by atoms with E-state index in [9.17, 15) is 0 Å². The second kappa shape index (κ2) is 6.50. The van der Waals surface area contributed by atoms with Crippen molar-refractivity contribution in [2.75, 3.05) is 6.61 Å². The smallest absolute Gasteiger partial charge is 0.130 e. The Morgan fingerprint density at radius 1 is 1.26 bits per heavy atom. The van der Waals surface area contributed by atoms with Crippen LogP contribution in [-0.2, 0) is 6.42 Å². The van der Waals surface area contributed by atoms with Gasteiger partial charge in [-0.1, -0.05) is 29.9 Å². The molecule has 0 amide bonds. The molecule has 0 aliphatic heterocycles. The second-order valence-corrected chi connectivity index (χ2v) is 4.78. The van der Waals surface area contributed by atoms with Gasteiger partial charge in [0.2, 0.25) is 0 Å². The summed E-state index contributed by atoms with van der Waals surface area (Å²) in [5.41, 5.74) is 7.41. The van der Waals surface area contributed by atoms with Crippen molar-refractivity contribution in [3.63, 3.8) is 0 Å². The van der Waals surface area contributed by atoms with E-state index in [-0.39, 0.29) is 4.99 Å². The van der Waals surface area contributed by atoms with E-state index >= 15 is 0 Å². The van der Waals surface area contributed by atoms with Crippen LogP contribution in [0.25, 0.3) is 0 Å². The zero-order valence-electron chi connectivity index (χ0n) is 10.2. The van der Waals surface area contributed by atoms with Gasteiger partial charge in [0, 0.05) is 18.8 Å². The summed E-state index contributed by atoms with van der Waals surface area (Å²) in [5.74, 6) is 0.619. The molecule has 3 nitrogen and oxygen atoms in total. The molecule has 0 aliphatic rings. The van der Waals surface area contributed by atoms with E-state index in [0.717, 1.165) is 12.0 Å². The average Bonchev–Trinajstić information content (AvgIpc) is 2.39. The molecule has 0 radical (unpaired) electrons. The lowest BCUT2D eigenvalue weighted by Crippen LogP contribution is -2.13. The minimum absolute atomic E-state index is 0.240. The first kappa shape index (κ1) is 13.8. The lowest BCUT2D eigenvalue weighted by atomic mass is 10.2. The van der Waals surface area contributed by atoms with E-state index in [4.69, 9.17) is 34.3 Å². The third kappa shape index (κ3) is 3.66. The number of ether oxygens (including phenoxy) is 1. The number of rotatable bonds is 5. The summed E-state index contributed by atoms with van der Waals surface area (Å²) in [6, 6.07) is 9.27. The van der Waals surface area contributed by atoms with Crippen molar-refractivity contribution < 1.29 is 4.74 Å². The van der Waals surface area contributed by atoms with Gasteiger partial charge in [-0.2, -0.15) is 0 Å². The monoisotopic (exact) mass is 292 g/mol. The Labute approximate surface area is 122 Å². The summed E-state index contributed by atoms with van der Waals surface area (Å²) in [7, 11) is 0. The fraction of sp³-hybridized carbons (Fsp3) is 0.143. The number of hydrogen-bond acceptors (Lipinski definition) is 3. The number of benzene rings is 1. The first-order valence-corrected chi connectivity index (χ1v) is 6.57. The van der Waals surface area contributed by atoms with Crippen LogP contribution in [0.2, 0.25) is 5.02 Å². The second-order valence-electron chi connectivity index (χ2n) is 3.93. The average molecular weight is 293 g/mol. The van der Waals surface area contributed by atoms with Gasteiger partial charge in [0.15, 0.2) is 0 Å². The molecule has 0 unspecified atom stereocenters. The minimum Gasteiger partial charge on any atom is -0.492 e. The Kier molecular flexibility index (Phi) is 4.71. The highest BCUT2D eigenvalue weighted by Crippen LogP contribution is 2.26.